The molecule has 1 aliphatic rings. The number of aryl methyl sites for hydroxylation is 1. The fourth-order valence-electron chi connectivity index (χ4n) is 3.25. The number of rotatable bonds is 6. The third kappa shape index (κ3) is 5.00. The smallest absolute Gasteiger partial charge is 0.340 e. The molecule has 2 aromatic rings. The van der Waals surface area contributed by atoms with Crippen LogP contribution in [0.15, 0.2) is 33.5 Å². The maximum absolute atomic E-state index is 12.5. The number of hydrogen-bond acceptors (Lipinski definition) is 6. The van der Waals surface area contributed by atoms with Crippen LogP contribution in [0.3, 0.4) is 0 Å². The zero-order valence-electron chi connectivity index (χ0n) is 16.2. The van der Waals surface area contributed by atoms with Crippen LogP contribution in [0, 0.1) is 6.92 Å². The number of ether oxygens (including phenoxy) is 1. The number of halogens is 1. The van der Waals surface area contributed by atoms with Gasteiger partial charge in [-0.25, -0.2) is 13.2 Å². The summed E-state index contributed by atoms with van der Waals surface area (Å²) < 4.78 is 34.0. The average Bonchev–Trinajstić information content (AvgIpc) is 2.96. The molecule has 7 nitrogen and oxygen atoms in total. The van der Waals surface area contributed by atoms with Crippen LogP contribution >= 0.6 is 11.6 Å². The molecule has 156 valence electrons. The lowest BCUT2D eigenvalue weighted by atomic mass is 10.0. The number of fused-ring (bicyclic) bond motifs is 1. The van der Waals surface area contributed by atoms with E-state index in [0.717, 1.165) is 5.57 Å². The highest BCUT2D eigenvalue weighted by Crippen LogP contribution is 2.32. The van der Waals surface area contributed by atoms with Gasteiger partial charge in [-0.3, -0.25) is 4.79 Å². The number of carbonyl (C=O) groups excluding carboxylic acids is 1. The normalized spacial score (nSPS) is 18.0. The van der Waals surface area contributed by atoms with Gasteiger partial charge in [0.2, 0.25) is 5.91 Å². The third-order valence-corrected chi connectivity index (χ3v) is 6.81. The predicted octanol–water partition coefficient (Wildman–Crippen LogP) is 2.56. The molecule has 0 saturated carbocycles. The first kappa shape index (κ1) is 21.4. The first-order valence-corrected chi connectivity index (χ1v) is 11.3. The Bertz CT molecular complexity index is 1150. The molecule has 1 aromatic heterocycles. The number of sulfone groups is 1. The molecular formula is C20H22ClNO6S. The Kier molecular flexibility index (Phi) is 6.05. The monoisotopic (exact) mass is 439 g/mol. The average molecular weight is 440 g/mol. The maximum Gasteiger partial charge on any atom is 0.340 e. The van der Waals surface area contributed by atoms with Crippen molar-refractivity contribution >= 4 is 38.3 Å². The Labute approximate surface area is 173 Å². The molecule has 1 aromatic carbocycles. The lowest BCUT2D eigenvalue weighted by molar-refractivity contribution is -0.121. The van der Waals surface area contributed by atoms with E-state index in [4.69, 9.17) is 20.8 Å². The van der Waals surface area contributed by atoms with Gasteiger partial charge in [-0.05, 0) is 37.5 Å². The highest BCUT2D eigenvalue weighted by molar-refractivity contribution is 7.91. The molecule has 1 amide bonds. The Hall–Kier alpha value is -2.32. The first-order chi connectivity index (χ1) is 13.6. The lowest BCUT2D eigenvalue weighted by Gasteiger charge is -2.13. The van der Waals surface area contributed by atoms with E-state index in [0.29, 0.717) is 33.7 Å². The van der Waals surface area contributed by atoms with Gasteiger partial charge >= 0.3 is 5.63 Å². The van der Waals surface area contributed by atoms with E-state index in [9.17, 15) is 18.0 Å². The van der Waals surface area contributed by atoms with Crippen molar-refractivity contribution in [3.05, 3.63) is 50.9 Å². The number of carbonyl (C=O) groups is 1. The molecule has 1 aliphatic heterocycles. The van der Waals surface area contributed by atoms with Gasteiger partial charge in [0.15, 0.2) is 9.84 Å². The van der Waals surface area contributed by atoms with E-state index in [-0.39, 0.29) is 30.1 Å². The molecular weight excluding hydrogens is 418 g/mol. The molecule has 0 bridgehead atoms. The maximum atomic E-state index is 12.5. The van der Waals surface area contributed by atoms with Crippen LogP contribution in [0.4, 0.5) is 0 Å². The van der Waals surface area contributed by atoms with Crippen molar-refractivity contribution in [2.75, 3.05) is 18.1 Å². The minimum atomic E-state index is -3.11. The molecule has 1 fully saturated rings. The summed E-state index contributed by atoms with van der Waals surface area (Å²) in [7, 11) is -3.11. The van der Waals surface area contributed by atoms with Crippen LogP contribution in [-0.4, -0.2) is 38.5 Å². The van der Waals surface area contributed by atoms with E-state index in [2.05, 4.69) is 11.9 Å². The molecule has 0 spiro atoms. The van der Waals surface area contributed by atoms with Crippen LogP contribution < -0.4 is 15.7 Å². The summed E-state index contributed by atoms with van der Waals surface area (Å²) in [5, 5.41) is 3.63. The Morgan fingerprint density at radius 1 is 1.41 bits per heavy atom. The van der Waals surface area contributed by atoms with Crippen LogP contribution in [0.2, 0.25) is 5.02 Å². The fourth-order valence-corrected chi connectivity index (χ4v) is 5.15. The molecule has 9 heteroatoms. The predicted molar refractivity (Wildman–Crippen MR) is 111 cm³/mol. The minimum absolute atomic E-state index is 0.0589. The van der Waals surface area contributed by atoms with Crippen molar-refractivity contribution < 1.29 is 22.4 Å². The highest BCUT2D eigenvalue weighted by atomic mass is 35.5. The number of nitrogens with one attached hydrogen (secondary N) is 1. The summed E-state index contributed by atoms with van der Waals surface area (Å²) in [5.74, 6) is -0.0669. The summed E-state index contributed by atoms with van der Waals surface area (Å²) in [6.45, 7) is 7.57. The van der Waals surface area contributed by atoms with Gasteiger partial charge < -0.3 is 14.5 Å². The van der Waals surface area contributed by atoms with Crippen LogP contribution in [-0.2, 0) is 21.1 Å². The second kappa shape index (κ2) is 8.20. The van der Waals surface area contributed by atoms with Gasteiger partial charge in [-0.15, -0.1) is 0 Å². The second-order valence-electron chi connectivity index (χ2n) is 7.36. The summed E-state index contributed by atoms with van der Waals surface area (Å²) in [6, 6.07) is 2.75. The molecule has 3 rings (SSSR count). The molecule has 1 saturated heterocycles. The molecule has 0 radical (unpaired) electrons. The zero-order chi connectivity index (χ0) is 21.3. The van der Waals surface area contributed by atoms with Crippen molar-refractivity contribution in [1.82, 2.24) is 5.32 Å². The number of benzene rings is 1. The van der Waals surface area contributed by atoms with Gasteiger partial charge in [-0.1, -0.05) is 18.2 Å². The van der Waals surface area contributed by atoms with Crippen molar-refractivity contribution in [3.63, 3.8) is 0 Å². The number of hydrogen-bond donors (Lipinski definition) is 1. The lowest BCUT2D eigenvalue weighted by Crippen LogP contribution is -2.37. The van der Waals surface area contributed by atoms with E-state index in [1.807, 2.05) is 6.92 Å². The van der Waals surface area contributed by atoms with Gasteiger partial charge in [0.25, 0.3) is 0 Å². The summed E-state index contributed by atoms with van der Waals surface area (Å²) in [4.78, 5) is 24.8. The summed E-state index contributed by atoms with van der Waals surface area (Å²) >= 11 is 6.29. The van der Waals surface area contributed by atoms with Crippen molar-refractivity contribution in [2.45, 2.75) is 32.7 Å². The topological polar surface area (TPSA) is 103 Å². The SMILES string of the molecule is C=C(C)COc1cc2oc(=O)c(CC(=O)N[C@@H]3CCS(=O)(=O)C3)c(C)c2cc1Cl. The molecule has 0 unspecified atom stereocenters. The van der Waals surface area contributed by atoms with Gasteiger partial charge in [0.1, 0.15) is 17.9 Å². The Morgan fingerprint density at radius 3 is 2.76 bits per heavy atom. The van der Waals surface area contributed by atoms with Gasteiger partial charge in [0.05, 0.1) is 28.5 Å². The van der Waals surface area contributed by atoms with Crippen molar-refractivity contribution in [2.24, 2.45) is 0 Å². The molecule has 1 atom stereocenters. The van der Waals surface area contributed by atoms with Crippen LogP contribution in [0.5, 0.6) is 5.75 Å². The number of amides is 1. The van der Waals surface area contributed by atoms with Gasteiger partial charge in [-0.2, -0.15) is 0 Å². The van der Waals surface area contributed by atoms with E-state index in [1.54, 1.807) is 19.1 Å². The fraction of sp³-hybridized carbons (Fsp3) is 0.400. The molecule has 29 heavy (non-hydrogen) atoms. The second-order valence-corrected chi connectivity index (χ2v) is 10.00. The van der Waals surface area contributed by atoms with E-state index in [1.165, 1.54) is 0 Å². The quantitative estimate of drug-likeness (QED) is 0.548. The van der Waals surface area contributed by atoms with E-state index < -0.39 is 27.4 Å². The van der Waals surface area contributed by atoms with Crippen molar-refractivity contribution in [3.8, 4) is 5.75 Å². The third-order valence-electron chi connectivity index (χ3n) is 4.75. The minimum Gasteiger partial charge on any atom is -0.488 e. The van der Waals surface area contributed by atoms with Crippen LogP contribution in [0.1, 0.15) is 24.5 Å². The highest BCUT2D eigenvalue weighted by Gasteiger charge is 2.29. The first-order valence-electron chi connectivity index (χ1n) is 9.08. The molecule has 2 heterocycles. The largest absolute Gasteiger partial charge is 0.488 e. The van der Waals surface area contributed by atoms with Gasteiger partial charge in [0, 0.05) is 17.5 Å². The van der Waals surface area contributed by atoms with Crippen LogP contribution in [0.25, 0.3) is 11.0 Å². The molecule has 0 aliphatic carbocycles. The Balaban J connectivity index is 1.85. The Morgan fingerprint density at radius 2 is 2.14 bits per heavy atom. The molecule has 1 N–H and O–H groups in total. The summed E-state index contributed by atoms with van der Waals surface area (Å²) in [6.07, 6.45) is 0.175. The standard InChI is InChI=1S/C20H22ClNO6S/c1-11(2)9-27-18-8-17-14(6-16(18)21)12(3)15(20(24)28-17)7-19(23)22-13-4-5-29(25,26)10-13/h6,8,13H,1,4-5,7,9-10H2,2-3H3,(H,22,23)/t13-/m1/s1. The summed E-state index contributed by atoms with van der Waals surface area (Å²) in [5.41, 5.74) is 1.29. The van der Waals surface area contributed by atoms with Crippen molar-refractivity contribution in [1.29, 1.82) is 0 Å². The van der Waals surface area contributed by atoms with E-state index >= 15 is 0 Å². The zero-order valence-corrected chi connectivity index (χ0v) is 17.8.